The van der Waals surface area contributed by atoms with E-state index in [1.54, 1.807) is 13.0 Å². The number of allylic oxidation sites excluding steroid dienone is 4. The smallest absolute Gasteiger partial charge is 0.235 e. The third-order valence-electron chi connectivity index (χ3n) is 11.1. The zero-order valence-electron chi connectivity index (χ0n) is 24.5. The summed E-state index contributed by atoms with van der Waals surface area (Å²) in [4.78, 5) is 41.5. The molecule has 0 aliphatic heterocycles. The number of carbonyl (C=O) groups excluding carboxylic acids is 3. The first-order valence-electron chi connectivity index (χ1n) is 14.0. The van der Waals surface area contributed by atoms with Gasteiger partial charge in [-0.15, -0.1) is 0 Å². The van der Waals surface area contributed by atoms with Crippen molar-refractivity contribution < 1.29 is 14.4 Å². The van der Waals surface area contributed by atoms with Gasteiger partial charge in [0.15, 0.2) is 11.6 Å². The van der Waals surface area contributed by atoms with Crippen LogP contribution in [0.3, 0.4) is 0 Å². The molecule has 0 saturated heterocycles. The van der Waals surface area contributed by atoms with Crippen LogP contribution in [0.2, 0.25) is 0 Å². The Morgan fingerprint density at radius 2 is 1.84 bits per heavy atom. The van der Waals surface area contributed by atoms with E-state index in [1.165, 1.54) is 0 Å². The van der Waals surface area contributed by atoms with Gasteiger partial charge in [-0.2, -0.15) is 10.3 Å². The Balaban J connectivity index is 2.04. The number of carbonyl (C=O) groups is 2. The molecular weight excluding hydrogens is 460 g/mol. The summed E-state index contributed by atoms with van der Waals surface area (Å²) in [6, 6.07) is 2.13. The summed E-state index contributed by atoms with van der Waals surface area (Å²) in [6.45, 7) is 19.2. The minimum absolute atomic E-state index is 0.0134. The average molecular weight is 507 g/mol. The van der Waals surface area contributed by atoms with Gasteiger partial charge in [0.25, 0.3) is 0 Å². The van der Waals surface area contributed by atoms with Crippen molar-refractivity contribution in [2.24, 2.45) is 44.4 Å². The molecule has 2 fully saturated rings. The minimum atomic E-state index is -0.547. The van der Waals surface area contributed by atoms with Gasteiger partial charge in [-0.05, 0) is 86.0 Å². The standard InChI is InChI=1S/C32H46N2O3/c1-21-17-28(4,5)12-14-32(21,34-20-35)15-13-29(6,7)31(9)11-10-25-23(3)27(37)24(19-33)18-30(25,8)26(31)16-22(2)36/h16,18,21,23,25H,10-15,17H2,1-9H3/b26-16-/t21?,23-,25-,30-,31+,32-/m0/s1. The van der Waals surface area contributed by atoms with Gasteiger partial charge < -0.3 is 0 Å². The summed E-state index contributed by atoms with van der Waals surface area (Å²) >= 11 is 0. The van der Waals surface area contributed by atoms with Crippen molar-refractivity contribution >= 4 is 17.6 Å². The number of isocyanates is 1. The SMILES string of the molecule is CC(=O)/C=C1/[C@@]2(C)C=C(C#N)C(=O)[C@@H](C)[C@@H]2CC[C@@]1(C)C(C)(C)CC[C@@]1(N=C=O)CCC(C)(C)CC1C. The maximum absolute atomic E-state index is 12.9. The molecule has 0 spiro atoms. The lowest BCUT2D eigenvalue weighted by atomic mass is 9.44. The largest absolute Gasteiger partial charge is 0.295 e. The quantitative estimate of drug-likeness (QED) is 0.214. The number of nitrogens with zero attached hydrogens (tertiary/aromatic N) is 2. The molecule has 2 saturated carbocycles. The fraction of sp³-hybridized carbons (Fsp3) is 0.750. The number of Topliss-reactive ketones (excluding diaryl/α,β-unsaturated/α-hetero) is 1. The molecule has 37 heavy (non-hydrogen) atoms. The Labute approximate surface area is 223 Å². The molecule has 3 aliphatic carbocycles. The Hall–Kier alpha value is -2.31. The van der Waals surface area contributed by atoms with Gasteiger partial charge in [0.05, 0.1) is 11.1 Å². The number of aliphatic imine (C=N–C) groups is 1. The predicted octanol–water partition coefficient (Wildman–Crippen LogP) is 7.32. The van der Waals surface area contributed by atoms with Crippen molar-refractivity contribution in [3.63, 3.8) is 0 Å². The molecule has 5 heteroatoms. The van der Waals surface area contributed by atoms with Gasteiger partial charge in [-0.25, -0.2) is 4.79 Å². The summed E-state index contributed by atoms with van der Waals surface area (Å²) in [5.74, 6) is -0.0194. The molecule has 0 amide bonds. The minimum Gasteiger partial charge on any atom is -0.295 e. The van der Waals surface area contributed by atoms with Crippen LogP contribution in [0.5, 0.6) is 0 Å². The van der Waals surface area contributed by atoms with Crippen LogP contribution in [-0.2, 0) is 14.4 Å². The maximum Gasteiger partial charge on any atom is 0.235 e. The lowest BCUT2D eigenvalue weighted by Gasteiger charge is -2.59. The fourth-order valence-corrected chi connectivity index (χ4v) is 8.15. The number of hydrogen-bond donors (Lipinski definition) is 0. The normalized spacial score (nSPS) is 38.7. The van der Waals surface area contributed by atoms with Gasteiger partial charge in [0.1, 0.15) is 6.07 Å². The van der Waals surface area contributed by atoms with Crippen molar-refractivity contribution in [2.75, 3.05) is 0 Å². The molecule has 1 unspecified atom stereocenters. The van der Waals surface area contributed by atoms with E-state index in [-0.39, 0.29) is 51.1 Å². The summed E-state index contributed by atoms with van der Waals surface area (Å²) in [6.07, 6.45) is 11.8. The van der Waals surface area contributed by atoms with E-state index < -0.39 is 11.0 Å². The highest BCUT2D eigenvalue weighted by Crippen LogP contribution is 2.65. The molecule has 6 atom stereocenters. The third kappa shape index (κ3) is 4.95. The molecule has 3 aliphatic rings. The lowest BCUT2D eigenvalue weighted by Crippen LogP contribution is -2.53. The first kappa shape index (κ1) is 29.2. The molecule has 0 aromatic rings. The van der Waals surface area contributed by atoms with Crippen LogP contribution in [0.25, 0.3) is 0 Å². The van der Waals surface area contributed by atoms with Crippen molar-refractivity contribution in [1.29, 1.82) is 5.26 Å². The highest BCUT2D eigenvalue weighted by Gasteiger charge is 2.58. The van der Waals surface area contributed by atoms with Gasteiger partial charge >= 0.3 is 0 Å². The molecule has 0 aromatic carbocycles. The van der Waals surface area contributed by atoms with E-state index in [2.05, 4.69) is 59.5 Å². The first-order chi connectivity index (χ1) is 17.0. The van der Waals surface area contributed by atoms with E-state index in [9.17, 15) is 19.6 Å². The highest BCUT2D eigenvalue weighted by molar-refractivity contribution is 6.02. The zero-order valence-corrected chi connectivity index (χ0v) is 24.5. The first-order valence-corrected chi connectivity index (χ1v) is 14.0. The fourth-order valence-electron chi connectivity index (χ4n) is 8.15. The van der Waals surface area contributed by atoms with Crippen molar-refractivity contribution in [3.05, 3.63) is 23.3 Å². The predicted molar refractivity (Wildman–Crippen MR) is 146 cm³/mol. The molecule has 0 bridgehead atoms. The topological polar surface area (TPSA) is 87.4 Å². The molecule has 0 N–H and O–H groups in total. The molecule has 3 rings (SSSR count). The molecular formula is C32H46N2O3. The number of ketones is 2. The summed E-state index contributed by atoms with van der Waals surface area (Å²) in [5, 5.41) is 9.74. The monoisotopic (exact) mass is 506 g/mol. The van der Waals surface area contributed by atoms with E-state index in [1.807, 2.05) is 19.1 Å². The Kier molecular flexibility index (Phi) is 7.73. The number of rotatable bonds is 6. The van der Waals surface area contributed by atoms with Gasteiger partial charge in [0.2, 0.25) is 6.08 Å². The molecule has 0 aromatic heterocycles. The number of nitriles is 1. The molecule has 202 valence electrons. The van der Waals surface area contributed by atoms with Crippen LogP contribution in [0.1, 0.15) is 107 Å². The summed E-state index contributed by atoms with van der Waals surface area (Å²) in [7, 11) is 0. The van der Waals surface area contributed by atoms with E-state index in [4.69, 9.17) is 0 Å². The van der Waals surface area contributed by atoms with Crippen molar-refractivity contribution in [3.8, 4) is 6.07 Å². The highest BCUT2D eigenvalue weighted by atomic mass is 16.1. The second kappa shape index (κ2) is 9.77. The van der Waals surface area contributed by atoms with Crippen molar-refractivity contribution in [1.82, 2.24) is 0 Å². The second-order valence-electron chi connectivity index (χ2n) is 14.2. The van der Waals surface area contributed by atoms with Gasteiger partial charge in [-0.3, -0.25) is 9.59 Å². The van der Waals surface area contributed by atoms with Gasteiger partial charge in [-0.1, -0.05) is 67.0 Å². The summed E-state index contributed by atoms with van der Waals surface area (Å²) in [5.41, 5.74) is -0.0127. The third-order valence-corrected chi connectivity index (χ3v) is 11.1. The molecule has 0 heterocycles. The van der Waals surface area contributed by atoms with Crippen LogP contribution in [0.4, 0.5) is 0 Å². The van der Waals surface area contributed by atoms with E-state index >= 15 is 0 Å². The van der Waals surface area contributed by atoms with Crippen molar-refractivity contribution in [2.45, 2.75) is 113 Å². The Morgan fingerprint density at radius 3 is 2.38 bits per heavy atom. The lowest BCUT2D eigenvalue weighted by molar-refractivity contribution is -0.123. The van der Waals surface area contributed by atoms with E-state index in [0.717, 1.165) is 50.5 Å². The van der Waals surface area contributed by atoms with Crippen LogP contribution < -0.4 is 0 Å². The van der Waals surface area contributed by atoms with Crippen LogP contribution in [0.15, 0.2) is 28.3 Å². The van der Waals surface area contributed by atoms with Crippen LogP contribution in [0, 0.1) is 50.7 Å². The van der Waals surface area contributed by atoms with Gasteiger partial charge in [0, 0.05) is 11.3 Å². The maximum atomic E-state index is 12.9. The second-order valence-corrected chi connectivity index (χ2v) is 14.2. The zero-order chi connectivity index (χ0) is 28.0. The summed E-state index contributed by atoms with van der Waals surface area (Å²) < 4.78 is 0. The Morgan fingerprint density at radius 1 is 1.19 bits per heavy atom. The average Bonchev–Trinajstić information content (AvgIpc) is 2.79. The number of fused-ring (bicyclic) bond motifs is 1. The molecule has 0 radical (unpaired) electrons. The van der Waals surface area contributed by atoms with Crippen LogP contribution >= 0.6 is 0 Å². The Bertz CT molecular complexity index is 1120. The van der Waals surface area contributed by atoms with E-state index in [0.29, 0.717) is 0 Å². The number of hydrogen-bond acceptors (Lipinski definition) is 5. The molecule has 5 nitrogen and oxygen atoms in total. The van der Waals surface area contributed by atoms with Crippen LogP contribution in [-0.4, -0.2) is 23.2 Å².